The Bertz CT molecular complexity index is 1120. The Kier molecular flexibility index (Phi) is 4.66. The second-order valence-corrected chi connectivity index (χ2v) is 6.85. The second kappa shape index (κ2) is 7.14. The smallest absolute Gasteiger partial charge is 0.238 e. The van der Waals surface area contributed by atoms with Gasteiger partial charge in [0.15, 0.2) is 5.82 Å². The number of imidazole rings is 1. The maximum Gasteiger partial charge on any atom is 0.238 e. The van der Waals surface area contributed by atoms with Crippen LogP contribution >= 0.6 is 0 Å². The van der Waals surface area contributed by atoms with E-state index in [1.54, 1.807) is 21.8 Å². The molecule has 0 unspecified atom stereocenters. The van der Waals surface area contributed by atoms with E-state index < -0.39 is 6.43 Å². The summed E-state index contributed by atoms with van der Waals surface area (Å²) in [5.41, 5.74) is 4.10. The number of alkyl halides is 2. The Balaban J connectivity index is 1.72. The van der Waals surface area contributed by atoms with E-state index >= 15 is 0 Å². The third-order valence-electron chi connectivity index (χ3n) is 4.72. The molecule has 0 bridgehead atoms. The monoisotopic (exact) mass is 385 g/mol. The summed E-state index contributed by atoms with van der Waals surface area (Å²) in [6, 6.07) is 3.84. The lowest BCUT2D eigenvalue weighted by molar-refractivity contribution is 0.132. The highest BCUT2D eigenvalue weighted by Gasteiger charge is 2.18. The van der Waals surface area contributed by atoms with E-state index in [1.807, 2.05) is 43.9 Å². The highest BCUT2D eigenvalue weighted by atomic mass is 19.3. The molecule has 4 rings (SSSR count). The number of aryl methyl sites for hydroxylation is 4. The largest absolute Gasteiger partial charge is 0.332 e. The molecule has 0 aliphatic rings. The van der Waals surface area contributed by atoms with Crippen molar-refractivity contribution in [3.63, 3.8) is 0 Å². The first-order chi connectivity index (χ1) is 13.4. The van der Waals surface area contributed by atoms with Crippen LogP contribution in [0.5, 0.6) is 0 Å². The van der Waals surface area contributed by atoms with E-state index in [1.165, 1.54) is 0 Å². The van der Waals surface area contributed by atoms with Gasteiger partial charge in [0.1, 0.15) is 11.4 Å². The molecule has 4 aromatic rings. The molecule has 0 aliphatic carbocycles. The van der Waals surface area contributed by atoms with Crippen molar-refractivity contribution in [1.29, 1.82) is 0 Å². The molecule has 7 nitrogen and oxygen atoms in total. The molecule has 9 heteroatoms. The first-order valence-electron chi connectivity index (χ1n) is 9.07. The molecule has 0 radical (unpaired) electrons. The van der Waals surface area contributed by atoms with E-state index in [2.05, 4.69) is 15.2 Å². The van der Waals surface area contributed by atoms with Crippen LogP contribution in [-0.2, 0) is 20.6 Å². The van der Waals surface area contributed by atoms with Gasteiger partial charge in [0, 0.05) is 44.8 Å². The zero-order valence-corrected chi connectivity index (χ0v) is 16.0. The Labute approximate surface area is 160 Å². The third kappa shape index (κ3) is 3.28. The van der Waals surface area contributed by atoms with Crippen LogP contribution in [0.2, 0.25) is 0 Å². The molecule has 0 aromatic carbocycles. The van der Waals surface area contributed by atoms with Crippen LogP contribution in [0.15, 0.2) is 30.7 Å². The van der Waals surface area contributed by atoms with Gasteiger partial charge in [0.05, 0.1) is 23.1 Å². The molecule has 0 saturated heterocycles. The number of rotatable bonds is 6. The first-order valence-corrected chi connectivity index (χ1v) is 9.07. The van der Waals surface area contributed by atoms with Crippen LogP contribution in [-0.4, -0.2) is 40.5 Å². The molecule has 0 atom stereocenters. The molecular weight excluding hydrogens is 364 g/mol. The number of hydrogen-bond donors (Lipinski definition) is 0. The van der Waals surface area contributed by atoms with E-state index in [0.29, 0.717) is 18.8 Å². The first kappa shape index (κ1) is 18.3. The van der Waals surface area contributed by atoms with Gasteiger partial charge in [0.25, 0.3) is 0 Å². The number of fused-ring (bicyclic) bond motifs is 1. The number of nitrogens with zero attached hydrogens (tertiary/aromatic N) is 7. The van der Waals surface area contributed by atoms with Crippen molar-refractivity contribution in [3.8, 4) is 22.9 Å². The minimum atomic E-state index is -2.30. The lowest BCUT2D eigenvalue weighted by atomic mass is 10.2. The van der Waals surface area contributed by atoms with Gasteiger partial charge in [-0.1, -0.05) is 0 Å². The zero-order chi connectivity index (χ0) is 19.8. The second-order valence-electron chi connectivity index (χ2n) is 6.85. The van der Waals surface area contributed by atoms with Gasteiger partial charge in [-0.15, -0.1) is 0 Å². The minimum Gasteiger partial charge on any atom is -0.332 e. The fourth-order valence-corrected chi connectivity index (χ4v) is 3.38. The fraction of sp³-hybridized carbons (Fsp3) is 0.368. The Morgan fingerprint density at radius 2 is 2.04 bits per heavy atom. The summed E-state index contributed by atoms with van der Waals surface area (Å²) < 4.78 is 30.4. The van der Waals surface area contributed by atoms with Gasteiger partial charge in [-0.3, -0.25) is 14.3 Å². The molecule has 0 saturated carbocycles. The highest BCUT2D eigenvalue weighted by molar-refractivity contribution is 5.90. The fourth-order valence-electron chi connectivity index (χ4n) is 3.38. The summed E-state index contributed by atoms with van der Waals surface area (Å²) in [5, 5.41) is 9.67. The minimum absolute atomic E-state index is 0.140. The molecule has 0 aliphatic heterocycles. The number of hydrogen-bond acceptors (Lipinski definition) is 4. The third-order valence-corrected chi connectivity index (χ3v) is 4.72. The lowest BCUT2D eigenvalue weighted by Crippen LogP contribution is -2.04. The van der Waals surface area contributed by atoms with Gasteiger partial charge in [-0.2, -0.15) is 10.2 Å². The van der Waals surface area contributed by atoms with Gasteiger partial charge in [0.2, 0.25) is 6.43 Å². The molecule has 0 amide bonds. The molecule has 146 valence electrons. The Morgan fingerprint density at radius 3 is 2.82 bits per heavy atom. The topological polar surface area (TPSA) is 66.3 Å². The van der Waals surface area contributed by atoms with Gasteiger partial charge >= 0.3 is 0 Å². The van der Waals surface area contributed by atoms with Crippen LogP contribution in [0, 0.1) is 6.92 Å². The maximum atomic E-state index is 12.5. The predicted octanol–water partition coefficient (Wildman–Crippen LogP) is 3.59. The van der Waals surface area contributed by atoms with Crippen molar-refractivity contribution in [2.24, 2.45) is 14.1 Å². The molecule has 0 spiro atoms. The zero-order valence-electron chi connectivity index (χ0n) is 16.0. The van der Waals surface area contributed by atoms with Crippen LogP contribution < -0.4 is 0 Å². The number of pyridine rings is 1. The average molecular weight is 385 g/mol. The van der Waals surface area contributed by atoms with E-state index in [4.69, 9.17) is 4.98 Å². The van der Waals surface area contributed by atoms with Gasteiger partial charge < -0.3 is 4.57 Å². The van der Waals surface area contributed by atoms with Crippen molar-refractivity contribution < 1.29 is 8.78 Å². The highest BCUT2D eigenvalue weighted by Crippen LogP contribution is 2.28. The number of aromatic nitrogens is 7. The Hall–Kier alpha value is -3.10. The van der Waals surface area contributed by atoms with Crippen LogP contribution in [0.3, 0.4) is 0 Å². The summed E-state index contributed by atoms with van der Waals surface area (Å²) in [4.78, 5) is 9.29. The summed E-state index contributed by atoms with van der Waals surface area (Å²) >= 11 is 0. The summed E-state index contributed by atoms with van der Waals surface area (Å²) in [7, 11) is 3.80. The molecular formula is C19H21F2N7. The van der Waals surface area contributed by atoms with Crippen molar-refractivity contribution in [3.05, 3.63) is 36.4 Å². The Morgan fingerprint density at radius 1 is 1.21 bits per heavy atom. The van der Waals surface area contributed by atoms with Crippen LogP contribution in [0.4, 0.5) is 8.78 Å². The molecule has 0 fully saturated rings. The van der Waals surface area contributed by atoms with Crippen molar-refractivity contribution in [1.82, 2.24) is 34.1 Å². The standard InChI is InChI=1S/C19H21F2N7/c1-12-9-16(28(25-12)8-4-5-17(20)21)14-11-26(2)19(24-14)18-13-10-23-27(3)15(13)6-7-22-18/h6-7,9-11,17H,4-5,8H2,1-3H3. The summed E-state index contributed by atoms with van der Waals surface area (Å²) in [6.07, 6.45) is 3.36. The van der Waals surface area contributed by atoms with Crippen molar-refractivity contribution >= 4 is 10.9 Å². The quantitative estimate of drug-likeness (QED) is 0.509. The normalized spacial score (nSPS) is 11.8. The van der Waals surface area contributed by atoms with Crippen LogP contribution in [0.25, 0.3) is 33.8 Å². The van der Waals surface area contributed by atoms with Crippen molar-refractivity contribution in [2.45, 2.75) is 32.7 Å². The SMILES string of the molecule is Cc1cc(-c2cn(C)c(-c3nccc4c3cnn4C)n2)n(CCCC(F)F)n1. The van der Waals surface area contributed by atoms with Gasteiger partial charge in [-0.05, 0) is 25.5 Å². The molecule has 28 heavy (non-hydrogen) atoms. The average Bonchev–Trinajstić information content (AvgIpc) is 3.32. The summed E-state index contributed by atoms with van der Waals surface area (Å²) in [5.74, 6) is 0.714. The summed E-state index contributed by atoms with van der Waals surface area (Å²) in [6.45, 7) is 2.31. The predicted molar refractivity (Wildman–Crippen MR) is 102 cm³/mol. The maximum absolute atomic E-state index is 12.5. The van der Waals surface area contributed by atoms with Gasteiger partial charge in [-0.25, -0.2) is 13.8 Å². The van der Waals surface area contributed by atoms with E-state index in [0.717, 1.165) is 33.7 Å². The van der Waals surface area contributed by atoms with E-state index in [9.17, 15) is 8.78 Å². The van der Waals surface area contributed by atoms with Crippen LogP contribution in [0.1, 0.15) is 18.5 Å². The lowest BCUT2D eigenvalue weighted by Gasteiger charge is -2.05. The van der Waals surface area contributed by atoms with E-state index in [-0.39, 0.29) is 6.42 Å². The molecule has 4 heterocycles. The molecule has 4 aromatic heterocycles. The van der Waals surface area contributed by atoms with Crippen molar-refractivity contribution in [2.75, 3.05) is 0 Å². The molecule has 0 N–H and O–H groups in total. The number of halogens is 2.